The fourth-order valence-corrected chi connectivity index (χ4v) is 7.63. The Labute approximate surface area is 326 Å². The Hall–Kier alpha value is -4.04. The predicted octanol–water partition coefficient (Wildman–Crippen LogP) is 2.41. The summed E-state index contributed by atoms with van der Waals surface area (Å²) in [6, 6.07) is 2.95. The monoisotopic (exact) mass is 770 g/mol. The van der Waals surface area contributed by atoms with Gasteiger partial charge in [-0.25, -0.2) is 0 Å². The largest absolute Gasteiger partial charge is 0.460 e. The van der Waals surface area contributed by atoms with Crippen LogP contribution < -0.4 is 27.0 Å². The molecule has 1 unspecified atom stereocenters. The molecule has 0 aromatic heterocycles. The van der Waals surface area contributed by atoms with E-state index in [9.17, 15) is 33.9 Å². The molecule has 7 N–H and O–H groups in total. The number of carbonyl (C=O) groups excluding carboxylic acids is 6. The van der Waals surface area contributed by atoms with Crippen molar-refractivity contribution in [2.45, 2.75) is 148 Å². The van der Waals surface area contributed by atoms with Crippen molar-refractivity contribution < 1.29 is 38.6 Å². The molecule has 1 aromatic carbocycles. The number of nitrogens with zero attached hydrogens (tertiary/aromatic N) is 1. The van der Waals surface area contributed by atoms with Gasteiger partial charge in [0.25, 0.3) is 0 Å². The minimum absolute atomic E-state index is 0.0109. The first-order chi connectivity index (χ1) is 26.2. The molecule has 5 amide bonds. The standard InChI is InChI=1S/C41H66N6O8/c1-7-8-9-13-19-33-30(22-28-16-14-15-26(4)21-28)41(54)47(6)32(20-25(2)3)38(51)46-36(29-17-11-10-12-18-29)40(53)44-31(23-42)37(50)45-35(27(5)48)39(52)43-24-34(49)55-33/h14-16,21,25,27,29-33,35-36,48H,7-13,17-20,22-24,42H2,1-6H3,(H,43,52)(H,44,53)(H,45,50)(H,46,51)/t27?,30-,31+,32+,33-,35+,36+/m1/s1. The number of cyclic esters (lactones) is 1. The Morgan fingerprint density at radius 3 is 2.24 bits per heavy atom. The first kappa shape index (κ1) is 45.4. The maximum absolute atomic E-state index is 14.9. The van der Waals surface area contributed by atoms with Gasteiger partial charge in [0.15, 0.2) is 0 Å². The summed E-state index contributed by atoms with van der Waals surface area (Å²) in [5, 5.41) is 21.1. The summed E-state index contributed by atoms with van der Waals surface area (Å²) in [5.74, 6) is -5.09. The number of aryl methyl sites for hydroxylation is 1. The Bertz CT molecular complexity index is 1450. The van der Waals surface area contributed by atoms with E-state index in [-0.39, 0.29) is 30.7 Å². The molecule has 0 spiro atoms. The number of amides is 5. The van der Waals surface area contributed by atoms with Gasteiger partial charge in [-0.3, -0.25) is 28.8 Å². The number of likely N-dealkylation sites (N-methyl/N-ethyl adjacent to an activating group) is 1. The number of benzene rings is 1. The van der Waals surface area contributed by atoms with Crippen molar-refractivity contribution in [2.75, 3.05) is 20.1 Å². The third-order valence-electron chi connectivity index (χ3n) is 10.8. The lowest BCUT2D eigenvalue weighted by Gasteiger charge is -2.36. The molecule has 2 fully saturated rings. The van der Waals surface area contributed by atoms with Crippen molar-refractivity contribution in [1.82, 2.24) is 26.2 Å². The van der Waals surface area contributed by atoms with Gasteiger partial charge in [-0.15, -0.1) is 0 Å². The van der Waals surface area contributed by atoms with E-state index < -0.39 is 78.4 Å². The maximum atomic E-state index is 14.9. The molecular formula is C41H66N6O8. The van der Waals surface area contributed by atoms with E-state index in [4.69, 9.17) is 10.5 Å². The van der Waals surface area contributed by atoms with E-state index in [1.54, 1.807) is 7.05 Å². The van der Waals surface area contributed by atoms with E-state index in [1.807, 2.05) is 45.0 Å². The highest BCUT2D eigenvalue weighted by atomic mass is 16.5. The summed E-state index contributed by atoms with van der Waals surface area (Å²) >= 11 is 0. The second-order valence-corrected chi connectivity index (χ2v) is 15.9. The molecule has 1 aromatic rings. The van der Waals surface area contributed by atoms with Crippen molar-refractivity contribution >= 4 is 35.5 Å². The topological polar surface area (TPSA) is 209 Å². The minimum atomic E-state index is -1.49. The molecule has 7 atom stereocenters. The second-order valence-electron chi connectivity index (χ2n) is 15.9. The zero-order chi connectivity index (χ0) is 40.7. The lowest BCUT2D eigenvalue weighted by molar-refractivity contribution is -0.158. The summed E-state index contributed by atoms with van der Waals surface area (Å²) in [6.07, 6.45) is 6.14. The molecule has 3 rings (SSSR count). The van der Waals surface area contributed by atoms with Crippen LogP contribution in [0.2, 0.25) is 0 Å². The average molecular weight is 771 g/mol. The lowest BCUT2D eigenvalue weighted by atomic mass is 9.83. The van der Waals surface area contributed by atoms with Crippen molar-refractivity contribution in [3.63, 3.8) is 0 Å². The smallest absolute Gasteiger partial charge is 0.325 e. The van der Waals surface area contributed by atoms with Crippen LogP contribution in [0.1, 0.15) is 109 Å². The summed E-state index contributed by atoms with van der Waals surface area (Å²) in [7, 11) is 1.58. The van der Waals surface area contributed by atoms with Gasteiger partial charge in [-0.2, -0.15) is 0 Å². The average Bonchev–Trinajstić information content (AvgIpc) is 3.15. The van der Waals surface area contributed by atoms with Gasteiger partial charge in [0.1, 0.15) is 36.8 Å². The van der Waals surface area contributed by atoms with Gasteiger partial charge < -0.3 is 41.7 Å². The van der Waals surface area contributed by atoms with Crippen LogP contribution in [0.15, 0.2) is 24.3 Å². The highest BCUT2D eigenvalue weighted by Gasteiger charge is 2.41. The molecule has 1 aliphatic heterocycles. The molecule has 1 heterocycles. The molecular weight excluding hydrogens is 704 g/mol. The zero-order valence-corrected chi connectivity index (χ0v) is 33.7. The van der Waals surface area contributed by atoms with Crippen LogP contribution in [0.3, 0.4) is 0 Å². The zero-order valence-electron chi connectivity index (χ0n) is 33.7. The number of unbranched alkanes of at least 4 members (excludes halogenated alkanes) is 3. The molecule has 1 aliphatic carbocycles. The van der Waals surface area contributed by atoms with Crippen LogP contribution in [0.5, 0.6) is 0 Å². The molecule has 308 valence electrons. The molecule has 55 heavy (non-hydrogen) atoms. The second kappa shape index (κ2) is 22.5. The third-order valence-corrected chi connectivity index (χ3v) is 10.8. The maximum Gasteiger partial charge on any atom is 0.325 e. The van der Waals surface area contributed by atoms with Gasteiger partial charge >= 0.3 is 5.97 Å². The number of rotatable bonds is 12. The fourth-order valence-electron chi connectivity index (χ4n) is 7.63. The molecule has 0 radical (unpaired) electrons. The van der Waals surface area contributed by atoms with Crippen LogP contribution in [-0.2, 0) is 39.9 Å². The Morgan fingerprint density at radius 2 is 1.62 bits per heavy atom. The van der Waals surface area contributed by atoms with E-state index in [0.717, 1.165) is 49.7 Å². The summed E-state index contributed by atoms with van der Waals surface area (Å²) in [5.41, 5.74) is 7.79. The number of carbonyl (C=O) groups is 6. The number of esters is 1. The van der Waals surface area contributed by atoms with E-state index >= 15 is 0 Å². The lowest BCUT2D eigenvalue weighted by Crippen LogP contribution is -2.62. The Balaban J connectivity index is 2.15. The SMILES string of the molecule is CCCCCC[C@H]1OC(=O)CNC(=O)[C@H](C(C)O)NC(=O)[C@H](CN)NC(=O)[C@H](C2CCCCC2)NC(=O)[C@H](CC(C)C)N(C)C(=O)[C@@H]1Cc1cccc(C)c1. The number of hydrogen-bond acceptors (Lipinski definition) is 9. The quantitative estimate of drug-likeness (QED) is 0.136. The van der Waals surface area contributed by atoms with Crippen LogP contribution in [0.4, 0.5) is 0 Å². The Morgan fingerprint density at radius 1 is 0.909 bits per heavy atom. The van der Waals surface area contributed by atoms with E-state index in [1.165, 1.54) is 11.8 Å². The summed E-state index contributed by atoms with van der Waals surface area (Å²) < 4.78 is 6.06. The van der Waals surface area contributed by atoms with Gasteiger partial charge in [0.2, 0.25) is 29.5 Å². The third kappa shape index (κ3) is 13.9. The fraction of sp³-hybridized carbons (Fsp3) is 0.707. The highest BCUT2D eigenvalue weighted by Crippen LogP contribution is 2.29. The molecule has 2 aliphatic rings. The summed E-state index contributed by atoms with van der Waals surface area (Å²) in [4.78, 5) is 85.0. The number of aliphatic hydroxyl groups is 1. The molecule has 14 nitrogen and oxygen atoms in total. The number of nitrogens with two attached hydrogens (primary N) is 1. The number of ether oxygens (including phenoxy) is 1. The normalized spacial score (nSPS) is 26.5. The first-order valence-electron chi connectivity index (χ1n) is 20.2. The Kier molecular flexibility index (Phi) is 18.6. The van der Waals surface area contributed by atoms with Crippen molar-refractivity contribution in [1.29, 1.82) is 0 Å². The summed E-state index contributed by atoms with van der Waals surface area (Å²) in [6.45, 7) is 8.32. The van der Waals surface area contributed by atoms with Crippen molar-refractivity contribution in [2.24, 2.45) is 23.5 Å². The van der Waals surface area contributed by atoms with Gasteiger partial charge in [0, 0.05) is 13.6 Å². The highest BCUT2D eigenvalue weighted by molar-refractivity contribution is 5.96. The van der Waals surface area contributed by atoms with E-state index in [2.05, 4.69) is 28.2 Å². The molecule has 1 saturated heterocycles. The molecule has 0 bridgehead atoms. The molecule has 14 heteroatoms. The predicted molar refractivity (Wildman–Crippen MR) is 209 cm³/mol. The van der Waals surface area contributed by atoms with Gasteiger partial charge in [0.05, 0.1) is 12.0 Å². The van der Waals surface area contributed by atoms with Gasteiger partial charge in [-0.05, 0) is 69.8 Å². The number of nitrogens with one attached hydrogen (secondary N) is 4. The van der Waals surface area contributed by atoms with Crippen molar-refractivity contribution in [3.05, 3.63) is 35.4 Å². The first-order valence-corrected chi connectivity index (χ1v) is 20.2. The van der Waals surface area contributed by atoms with Gasteiger partial charge in [-0.1, -0.05) is 89.1 Å². The minimum Gasteiger partial charge on any atom is -0.460 e. The van der Waals surface area contributed by atoms with Crippen LogP contribution >= 0.6 is 0 Å². The number of aliphatic hydroxyl groups excluding tert-OH is 1. The van der Waals surface area contributed by atoms with Crippen molar-refractivity contribution in [3.8, 4) is 0 Å². The number of hydrogen-bond donors (Lipinski definition) is 6. The molecule has 1 saturated carbocycles. The van der Waals surface area contributed by atoms with Crippen LogP contribution in [0.25, 0.3) is 0 Å². The van der Waals surface area contributed by atoms with E-state index in [0.29, 0.717) is 32.1 Å². The van der Waals surface area contributed by atoms with Crippen LogP contribution in [-0.4, -0.2) is 102 Å². The van der Waals surface area contributed by atoms with Crippen LogP contribution in [0, 0.1) is 24.7 Å².